The summed E-state index contributed by atoms with van der Waals surface area (Å²) in [6.07, 6.45) is 6.37. The van der Waals surface area contributed by atoms with Crippen LogP contribution in [0.2, 0.25) is 0 Å². The third-order valence-electron chi connectivity index (χ3n) is 16.8. The molecule has 0 radical (unpaired) electrons. The first-order valence-corrected chi connectivity index (χ1v) is 27.3. The van der Waals surface area contributed by atoms with Crippen LogP contribution in [0.5, 0.6) is 0 Å². The fourth-order valence-corrected chi connectivity index (χ4v) is 13.5. The molecule has 0 atom stereocenters. The van der Waals surface area contributed by atoms with E-state index in [0.717, 1.165) is 22.6 Å². The molecular weight excluding hydrogens is 915 g/mol. The highest BCUT2D eigenvalue weighted by atomic mass is 15.1. The van der Waals surface area contributed by atoms with Crippen molar-refractivity contribution >= 4 is 38.6 Å². The van der Waals surface area contributed by atoms with E-state index in [-0.39, 0.29) is 0 Å². The number of para-hydroxylation sites is 3. The predicted octanol–water partition coefficient (Wildman–Crippen LogP) is 20.5. The minimum atomic E-state index is -0.534. The summed E-state index contributed by atoms with van der Waals surface area (Å²) in [5.41, 5.74) is 21.6. The first kappa shape index (κ1) is 45.6. The van der Waals surface area contributed by atoms with Gasteiger partial charge in [0.25, 0.3) is 0 Å². The van der Waals surface area contributed by atoms with Crippen LogP contribution in [0.3, 0.4) is 0 Å². The third-order valence-corrected chi connectivity index (χ3v) is 16.8. The maximum Gasteiger partial charge on any atom is 0.0713 e. The molecule has 2 aliphatic carbocycles. The number of fused-ring (bicyclic) bond motifs is 5. The largest absolute Gasteiger partial charge is 0.309 e. The molecule has 12 aromatic carbocycles. The van der Waals surface area contributed by atoms with Crippen molar-refractivity contribution in [1.82, 2.24) is 0 Å². The van der Waals surface area contributed by atoms with E-state index in [1.807, 2.05) is 0 Å². The Morgan fingerprint density at radius 3 is 1.36 bits per heavy atom. The van der Waals surface area contributed by atoms with E-state index in [1.54, 1.807) is 0 Å². The lowest BCUT2D eigenvalue weighted by Gasteiger charge is -2.34. The summed E-state index contributed by atoms with van der Waals surface area (Å²) < 4.78 is 0. The maximum absolute atomic E-state index is 2.59. The molecule has 14 rings (SSSR count). The summed E-state index contributed by atoms with van der Waals surface area (Å²) in [5, 5.41) is 5.13. The summed E-state index contributed by atoms with van der Waals surface area (Å²) in [7, 11) is 0. The highest BCUT2D eigenvalue weighted by Crippen LogP contribution is 2.58. The van der Waals surface area contributed by atoms with E-state index in [0.29, 0.717) is 5.92 Å². The van der Waals surface area contributed by atoms with Crippen LogP contribution in [0.4, 0.5) is 17.1 Å². The van der Waals surface area contributed by atoms with E-state index in [2.05, 4.69) is 284 Å². The van der Waals surface area contributed by atoms with Gasteiger partial charge in [0.2, 0.25) is 0 Å². The van der Waals surface area contributed by atoms with Gasteiger partial charge in [0, 0.05) is 16.7 Å². The quantitative estimate of drug-likeness (QED) is 0.132. The SMILES string of the molecule is c1ccc(-c2cccc3cccc(-c4ccccc4N(c4ccccc4-c4ccc5c(c4)C(c4ccccc4)(c4ccccc4)c4ccccc4-5)c4ccccc4-c4cccc5cccc(C6CCCCC6)c45)c23)cc1. The summed E-state index contributed by atoms with van der Waals surface area (Å²) in [6.45, 7) is 0. The van der Waals surface area contributed by atoms with Gasteiger partial charge in [-0.05, 0) is 131 Å². The summed E-state index contributed by atoms with van der Waals surface area (Å²) >= 11 is 0. The van der Waals surface area contributed by atoms with Crippen LogP contribution < -0.4 is 4.90 Å². The zero-order valence-corrected chi connectivity index (χ0v) is 42.6. The monoisotopic (exact) mass is 971 g/mol. The maximum atomic E-state index is 2.59. The second kappa shape index (κ2) is 19.3. The van der Waals surface area contributed by atoms with Crippen LogP contribution in [0.25, 0.3) is 77.2 Å². The zero-order valence-electron chi connectivity index (χ0n) is 42.6. The normalized spacial score (nSPS) is 13.8. The van der Waals surface area contributed by atoms with Gasteiger partial charge >= 0.3 is 0 Å². The van der Waals surface area contributed by atoms with Crippen molar-refractivity contribution in [3.8, 4) is 55.6 Å². The number of hydrogen-bond donors (Lipinski definition) is 0. The molecule has 0 aromatic heterocycles. The van der Waals surface area contributed by atoms with Crippen molar-refractivity contribution in [3.05, 3.63) is 307 Å². The Kier molecular flexibility index (Phi) is 11.6. The summed E-state index contributed by atoms with van der Waals surface area (Å²) in [5.74, 6) is 0.540. The molecule has 0 aliphatic heterocycles. The first-order valence-electron chi connectivity index (χ1n) is 27.3. The molecule has 1 heteroatoms. The minimum Gasteiger partial charge on any atom is -0.309 e. The minimum absolute atomic E-state index is 0.534. The predicted molar refractivity (Wildman–Crippen MR) is 321 cm³/mol. The van der Waals surface area contributed by atoms with E-state index >= 15 is 0 Å². The van der Waals surface area contributed by atoms with Crippen molar-refractivity contribution in [2.75, 3.05) is 4.90 Å². The zero-order chi connectivity index (χ0) is 50.4. The molecule has 362 valence electrons. The van der Waals surface area contributed by atoms with Crippen LogP contribution in [-0.2, 0) is 5.41 Å². The molecule has 1 nitrogen and oxygen atoms in total. The van der Waals surface area contributed by atoms with Gasteiger partial charge in [0.1, 0.15) is 0 Å². The Morgan fingerprint density at radius 2 is 0.737 bits per heavy atom. The highest BCUT2D eigenvalue weighted by Gasteiger charge is 2.46. The van der Waals surface area contributed by atoms with Gasteiger partial charge < -0.3 is 4.90 Å². The topological polar surface area (TPSA) is 3.24 Å². The second-order valence-electron chi connectivity index (χ2n) is 20.8. The molecule has 1 saturated carbocycles. The molecule has 2 aliphatic rings. The molecule has 0 unspecified atom stereocenters. The molecule has 0 spiro atoms. The smallest absolute Gasteiger partial charge is 0.0713 e. The molecule has 1 fully saturated rings. The van der Waals surface area contributed by atoms with E-state index < -0.39 is 5.41 Å². The lowest BCUT2D eigenvalue weighted by Crippen LogP contribution is -2.28. The summed E-state index contributed by atoms with van der Waals surface area (Å²) in [4.78, 5) is 2.59. The number of nitrogens with zero attached hydrogens (tertiary/aromatic N) is 1. The molecule has 0 N–H and O–H groups in total. The first-order chi connectivity index (χ1) is 37.8. The highest BCUT2D eigenvalue weighted by molar-refractivity contribution is 6.10. The van der Waals surface area contributed by atoms with Crippen LogP contribution in [0, 0.1) is 0 Å². The lowest BCUT2D eigenvalue weighted by atomic mass is 9.67. The van der Waals surface area contributed by atoms with Crippen LogP contribution in [0.1, 0.15) is 65.8 Å². The van der Waals surface area contributed by atoms with Gasteiger partial charge in [-0.1, -0.05) is 274 Å². The van der Waals surface area contributed by atoms with E-state index in [9.17, 15) is 0 Å². The third kappa shape index (κ3) is 7.52. The Labute approximate surface area is 447 Å². The number of anilines is 3. The van der Waals surface area contributed by atoms with Gasteiger partial charge in [-0.15, -0.1) is 0 Å². The molecule has 76 heavy (non-hydrogen) atoms. The van der Waals surface area contributed by atoms with Crippen molar-refractivity contribution < 1.29 is 0 Å². The van der Waals surface area contributed by atoms with Crippen molar-refractivity contribution in [3.63, 3.8) is 0 Å². The average Bonchev–Trinajstić information content (AvgIpc) is 3.96. The molecular formula is C75H57N. The number of benzene rings is 12. The van der Waals surface area contributed by atoms with Crippen LogP contribution in [0.15, 0.2) is 279 Å². The second-order valence-corrected chi connectivity index (χ2v) is 20.8. The van der Waals surface area contributed by atoms with Crippen molar-refractivity contribution in [2.24, 2.45) is 0 Å². The molecule has 0 heterocycles. The van der Waals surface area contributed by atoms with Crippen LogP contribution in [-0.4, -0.2) is 0 Å². The summed E-state index contributed by atoms with van der Waals surface area (Å²) in [6, 6.07) is 105. The fourth-order valence-electron chi connectivity index (χ4n) is 13.5. The Morgan fingerprint density at radius 1 is 0.289 bits per heavy atom. The lowest BCUT2D eigenvalue weighted by molar-refractivity contribution is 0.445. The Bertz CT molecular complexity index is 4040. The van der Waals surface area contributed by atoms with Crippen LogP contribution >= 0.6 is 0 Å². The Hall–Kier alpha value is -9.04. The van der Waals surface area contributed by atoms with Gasteiger partial charge in [-0.25, -0.2) is 0 Å². The number of rotatable bonds is 10. The number of hydrogen-bond acceptors (Lipinski definition) is 1. The van der Waals surface area contributed by atoms with Crippen molar-refractivity contribution in [2.45, 2.75) is 43.4 Å². The van der Waals surface area contributed by atoms with Gasteiger partial charge in [-0.2, -0.15) is 0 Å². The molecule has 12 aromatic rings. The Balaban J connectivity index is 1.05. The van der Waals surface area contributed by atoms with Gasteiger partial charge in [-0.3, -0.25) is 0 Å². The van der Waals surface area contributed by atoms with E-state index in [1.165, 1.54) is 132 Å². The fraction of sp³-hybridized carbons (Fsp3) is 0.0933. The van der Waals surface area contributed by atoms with Crippen molar-refractivity contribution in [1.29, 1.82) is 0 Å². The molecule has 0 saturated heterocycles. The average molecular weight is 972 g/mol. The molecule has 0 bridgehead atoms. The van der Waals surface area contributed by atoms with Gasteiger partial charge in [0.15, 0.2) is 0 Å². The van der Waals surface area contributed by atoms with E-state index in [4.69, 9.17) is 0 Å². The van der Waals surface area contributed by atoms with Gasteiger partial charge in [0.05, 0.1) is 22.5 Å². The standard InChI is InChI=1S/C75H57N/c1-5-25-52(26-6-1)60-41-21-29-54-31-23-43-66(73(54)60)64-39-15-19-47-71(64)76(72-48-20-16-40-65(72)67-44-24-32-55-30-22-42-61(74(55)67)53-27-7-2-8-28-53)70-46-18-14-37-59(70)56-49-50-63-62-38-13-17-45-68(62)75(69(63)51-56,57-33-9-3-10-34-57)58-35-11-4-12-36-58/h1,3-6,9-26,29-51,53H,2,7-8,27-28H2. The molecule has 0 amide bonds.